The van der Waals surface area contributed by atoms with Gasteiger partial charge in [0, 0.05) is 11.1 Å². The summed E-state index contributed by atoms with van der Waals surface area (Å²) in [6.07, 6.45) is 0. The summed E-state index contributed by atoms with van der Waals surface area (Å²) in [5.74, 6) is 0. The fourth-order valence-electron chi connectivity index (χ4n) is 1.48. The molecule has 2 heteroatoms. The van der Waals surface area contributed by atoms with Gasteiger partial charge in [-0.25, -0.2) is 4.98 Å². The van der Waals surface area contributed by atoms with Crippen molar-refractivity contribution in [1.82, 2.24) is 4.98 Å². The van der Waals surface area contributed by atoms with Crippen molar-refractivity contribution in [1.29, 1.82) is 0 Å². The fraction of sp³-hybridized carbons (Fsp3) is 0.182. The van der Waals surface area contributed by atoms with Gasteiger partial charge in [0.05, 0.1) is 0 Å². The SMILES string of the molecule is Cc1nc(Cl)c2ccccc2c1C. The second kappa shape index (κ2) is 3.00. The van der Waals surface area contributed by atoms with Gasteiger partial charge in [-0.05, 0) is 24.8 Å². The number of nitrogens with zero attached hydrogens (tertiary/aromatic N) is 1. The van der Waals surface area contributed by atoms with Crippen molar-refractivity contribution in [3.05, 3.63) is 40.7 Å². The number of fused-ring (bicyclic) bond motifs is 1. The molecule has 0 N–H and O–H groups in total. The molecule has 0 bridgehead atoms. The molecule has 1 heterocycles. The first kappa shape index (κ1) is 8.52. The maximum Gasteiger partial charge on any atom is 0.137 e. The Morgan fingerprint density at radius 1 is 1.08 bits per heavy atom. The van der Waals surface area contributed by atoms with Crippen molar-refractivity contribution in [3.8, 4) is 0 Å². The fourth-order valence-corrected chi connectivity index (χ4v) is 1.77. The normalized spacial score (nSPS) is 10.7. The van der Waals surface area contributed by atoms with Crippen LogP contribution in [0, 0.1) is 13.8 Å². The molecule has 0 aliphatic rings. The summed E-state index contributed by atoms with van der Waals surface area (Å²) in [4.78, 5) is 4.27. The number of hydrogen-bond acceptors (Lipinski definition) is 1. The third kappa shape index (κ3) is 1.29. The predicted molar refractivity (Wildman–Crippen MR) is 56.2 cm³/mol. The van der Waals surface area contributed by atoms with E-state index in [4.69, 9.17) is 11.6 Å². The first-order valence-corrected chi connectivity index (χ1v) is 4.59. The van der Waals surface area contributed by atoms with Crippen LogP contribution in [-0.2, 0) is 0 Å². The molecular formula is C11H10ClN. The maximum absolute atomic E-state index is 6.02. The van der Waals surface area contributed by atoms with E-state index in [9.17, 15) is 0 Å². The molecular weight excluding hydrogens is 182 g/mol. The Morgan fingerprint density at radius 3 is 2.38 bits per heavy atom. The van der Waals surface area contributed by atoms with Gasteiger partial charge in [-0.15, -0.1) is 0 Å². The van der Waals surface area contributed by atoms with Crippen molar-refractivity contribution in [3.63, 3.8) is 0 Å². The van der Waals surface area contributed by atoms with Crippen LogP contribution in [0.2, 0.25) is 5.15 Å². The zero-order chi connectivity index (χ0) is 9.42. The highest BCUT2D eigenvalue weighted by molar-refractivity contribution is 6.34. The van der Waals surface area contributed by atoms with Gasteiger partial charge < -0.3 is 0 Å². The summed E-state index contributed by atoms with van der Waals surface area (Å²) < 4.78 is 0. The molecule has 66 valence electrons. The minimum Gasteiger partial charge on any atom is -0.240 e. The van der Waals surface area contributed by atoms with Crippen LogP contribution < -0.4 is 0 Å². The molecule has 1 aromatic heterocycles. The Labute approximate surface area is 82.4 Å². The molecule has 0 atom stereocenters. The number of benzene rings is 1. The van der Waals surface area contributed by atoms with Crippen molar-refractivity contribution in [2.75, 3.05) is 0 Å². The van der Waals surface area contributed by atoms with E-state index in [1.807, 2.05) is 25.1 Å². The van der Waals surface area contributed by atoms with Crippen LogP contribution in [0.15, 0.2) is 24.3 Å². The second-order valence-electron chi connectivity index (χ2n) is 3.16. The predicted octanol–water partition coefficient (Wildman–Crippen LogP) is 3.51. The number of rotatable bonds is 0. The first-order valence-electron chi connectivity index (χ1n) is 4.21. The van der Waals surface area contributed by atoms with Crippen LogP contribution in [0.1, 0.15) is 11.3 Å². The van der Waals surface area contributed by atoms with E-state index in [0.29, 0.717) is 5.15 Å². The molecule has 0 saturated heterocycles. The van der Waals surface area contributed by atoms with E-state index < -0.39 is 0 Å². The lowest BCUT2D eigenvalue weighted by molar-refractivity contribution is 1.18. The monoisotopic (exact) mass is 191 g/mol. The molecule has 2 rings (SSSR count). The highest BCUT2D eigenvalue weighted by Gasteiger charge is 2.04. The van der Waals surface area contributed by atoms with Crippen LogP contribution >= 0.6 is 11.6 Å². The molecule has 0 fully saturated rings. The van der Waals surface area contributed by atoms with E-state index >= 15 is 0 Å². The average molecular weight is 192 g/mol. The lowest BCUT2D eigenvalue weighted by Crippen LogP contribution is -1.89. The highest BCUT2D eigenvalue weighted by Crippen LogP contribution is 2.25. The minimum absolute atomic E-state index is 0.596. The van der Waals surface area contributed by atoms with Crippen LogP contribution in [0.3, 0.4) is 0 Å². The number of hydrogen-bond donors (Lipinski definition) is 0. The first-order chi connectivity index (χ1) is 6.20. The standard InChI is InChI=1S/C11H10ClN/c1-7-8(2)13-11(12)10-6-4-3-5-9(7)10/h3-6H,1-2H3. The summed E-state index contributed by atoms with van der Waals surface area (Å²) in [5.41, 5.74) is 2.21. The summed E-state index contributed by atoms with van der Waals surface area (Å²) in [5, 5.41) is 2.82. The van der Waals surface area contributed by atoms with E-state index in [1.165, 1.54) is 10.9 Å². The maximum atomic E-state index is 6.02. The van der Waals surface area contributed by atoms with Crippen molar-refractivity contribution in [2.24, 2.45) is 0 Å². The van der Waals surface area contributed by atoms with Gasteiger partial charge in [0.1, 0.15) is 5.15 Å². The summed E-state index contributed by atoms with van der Waals surface area (Å²) in [6, 6.07) is 8.07. The highest BCUT2D eigenvalue weighted by atomic mass is 35.5. The van der Waals surface area contributed by atoms with Gasteiger partial charge in [-0.1, -0.05) is 35.9 Å². The van der Waals surface area contributed by atoms with Crippen LogP contribution in [-0.4, -0.2) is 4.98 Å². The Hall–Kier alpha value is -1.08. The Bertz CT molecular complexity index is 463. The van der Waals surface area contributed by atoms with Gasteiger partial charge in [0.2, 0.25) is 0 Å². The number of halogens is 1. The molecule has 2 aromatic rings. The topological polar surface area (TPSA) is 12.9 Å². The number of pyridine rings is 1. The van der Waals surface area contributed by atoms with Crippen LogP contribution in [0.25, 0.3) is 10.8 Å². The molecule has 0 spiro atoms. The molecule has 0 aliphatic carbocycles. The summed E-state index contributed by atoms with van der Waals surface area (Å²) in [7, 11) is 0. The third-order valence-electron chi connectivity index (χ3n) is 2.36. The van der Waals surface area contributed by atoms with E-state index in [1.54, 1.807) is 0 Å². The summed E-state index contributed by atoms with van der Waals surface area (Å²) >= 11 is 6.02. The van der Waals surface area contributed by atoms with E-state index in [0.717, 1.165) is 11.1 Å². The molecule has 0 unspecified atom stereocenters. The smallest absolute Gasteiger partial charge is 0.137 e. The van der Waals surface area contributed by atoms with Gasteiger partial charge in [0.25, 0.3) is 0 Å². The molecule has 0 saturated carbocycles. The zero-order valence-electron chi connectivity index (χ0n) is 7.63. The van der Waals surface area contributed by atoms with Gasteiger partial charge in [-0.3, -0.25) is 0 Å². The molecule has 1 nitrogen and oxygen atoms in total. The molecule has 1 aromatic carbocycles. The molecule has 0 amide bonds. The van der Waals surface area contributed by atoms with Crippen LogP contribution in [0.4, 0.5) is 0 Å². The van der Waals surface area contributed by atoms with Crippen molar-refractivity contribution >= 4 is 22.4 Å². The Balaban J connectivity index is 2.97. The minimum atomic E-state index is 0.596. The van der Waals surface area contributed by atoms with Gasteiger partial charge in [0.15, 0.2) is 0 Å². The average Bonchev–Trinajstić information content (AvgIpc) is 2.15. The Morgan fingerprint density at radius 2 is 1.69 bits per heavy atom. The quantitative estimate of drug-likeness (QED) is 0.581. The Kier molecular flexibility index (Phi) is 1.97. The summed E-state index contributed by atoms with van der Waals surface area (Å²) in [6.45, 7) is 4.05. The lowest BCUT2D eigenvalue weighted by atomic mass is 10.1. The zero-order valence-corrected chi connectivity index (χ0v) is 8.39. The van der Waals surface area contributed by atoms with Gasteiger partial charge in [-0.2, -0.15) is 0 Å². The van der Waals surface area contributed by atoms with E-state index in [-0.39, 0.29) is 0 Å². The van der Waals surface area contributed by atoms with Gasteiger partial charge >= 0.3 is 0 Å². The van der Waals surface area contributed by atoms with Crippen molar-refractivity contribution in [2.45, 2.75) is 13.8 Å². The van der Waals surface area contributed by atoms with Crippen LogP contribution in [0.5, 0.6) is 0 Å². The second-order valence-corrected chi connectivity index (χ2v) is 3.52. The molecule has 0 aliphatic heterocycles. The number of aryl methyl sites for hydroxylation is 2. The number of aromatic nitrogens is 1. The third-order valence-corrected chi connectivity index (χ3v) is 2.65. The van der Waals surface area contributed by atoms with E-state index in [2.05, 4.69) is 18.0 Å². The lowest BCUT2D eigenvalue weighted by Gasteiger charge is -2.05. The molecule has 13 heavy (non-hydrogen) atoms. The largest absolute Gasteiger partial charge is 0.240 e. The molecule has 0 radical (unpaired) electrons. The van der Waals surface area contributed by atoms with Crippen molar-refractivity contribution < 1.29 is 0 Å².